The quantitative estimate of drug-likeness (QED) is 0.360. The molecule has 1 heterocycles. The molecule has 0 amide bonds. The SMILES string of the molecule is C=CC[C@@H]1C[C@H](c2cccc(Cl)c2)[C@@H](c2ccc(Cl)cc2)N(CCC)S1. The fourth-order valence-corrected chi connectivity index (χ4v) is 5.68. The summed E-state index contributed by atoms with van der Waals surface area (Å²) in [6, 6.07) is 17.0. The lowest BCUT2D eigenvalue weighted by Gasteiger charge is -2.44. The van der Waals surface area contributed by atoms with Gasteiger partial charge in [-0.1, -0.05) is 72.4 Å². The van der Waals surface area contributed by atoms with Gasteiger partial charge in [0.15, 0.2) is 0 Å². The van der Waals surface area contributed by atoms with E-state index in [4.69, 9.17) is 23.2 Å². The van der Waals surface area contributed by atoms with Crippen LogP contribution in [0.2, 0.25) is 10.0 Å². The van der Waals surface area contributed by atoms with Crippen LogP contribution in [-0.4, -0.2) is 16.1 Å². The molecule has 4 heteroatoms. The van der Waals surface area contributed by atoms with Gasteiger partial charge in [0.25, 0.3) is 0 Å². The molecule has 26 heavy (non-hydrogen) atoms. The van der Waals surface area contributed by atoms with Gasteiger partial charge in [-0.25, -0.2) is 4.31 Å². The summed E-state index contributed by atoms with van der Waals surface area (Å²) in [5.74, 6) is 0.396. The van der Waals surface area contributed by atoms with E-state index in [0.29, 0.717) is 17.2 Å². The van der Waals surface area contributed by atoms with Crippen LogP contribution in [0.1, 0.15) is 49.3 Å². The standard InChI is InChI=1S/C22H25Cl2NS/c1-3-6-20-15-21(17-7-5-8-19(24)14-17)22(25(26-20)13-4-2)16-9-11-18(23)12-10-16/h3,5,7-12,14,20-22H,1,4,6,13,15H2,2H3/t20-,21-,22-/m1/s1. The molecule has 0 aliphatic carbocycles. The minimum absolute atomic E-state index is 0.316. The predicted octanol–water partition coefficient (Wildman–Crippen LogP) is 7.53. The monoisotopic (exact) mass is 405 g/mol. The molecule has 0 radical (unpaired) electrons. The van der Waals surface area contributed by atoms with Crippen LogP contribution in [0.5, 0.6) is 0 Å². The van der Waals surface area contributed by atoms with E-state index in [-0.39, 0.29) is 0 Å². The first-order valence-electron chi connectivity index (χ1n) is 9.17. The second-order valence-corrected chi connectivity index (χ2v) is 9.01. The highest BCUT2D eigenvalue weighted by atomic mass is 35.5. The van der Waals surface area contributed by atoms with Gasteiger partial charge >= 0.3 is 0 Å². The Labute approximate surface area is 171 Å². The molecule has 2 aromatic rings. The van der Waals surface area contributed by atoms with E-state index in [9.17, 15) is 0 Å². The molecule has 0 N–H and O–H groups in total. The third-order valence-electron chi connectivity index (χ3n) is 4.85. The van der Waals surface area contributed by atoms with Crippen molar-refractivity contribution in [1.82, 2.24) is 4.31 Å². The van der Waals surface area contributed by atoms with E-state index in [1.54, 1.807) is 0 Å². The summed E-state index contributed by atoms with van der Waals surface area (Å²) in [6.07, 6.45) is 5.30. The lowest BCUT2D eigenvalue weighted by molar-refractivity contribution is 0.276. The first-order valence-corrected chi connectivity index (χ1v) is 10.8. The Morgan fingerprint density at radius 3 is 2.54 bits per heavy atom. The molecule has 0 aromatic heterocycles. The molecule has 0 unspecified atom stereocenters. The largest absolute Gasteiger partial charge is 0.242 e. The van der Waals surface area contributed by atoms with Gasteiger partial charge in [-0.05, 0) is 54.7 Å². The third-order valence-corrected chi connectivity index (χ3v) is 6.71. The lowest BCUT2D eigenvalue weighted by Crippen LogP contribution is -2.36. The van der Waals surface area contributed by atoms with Crippen molar-refractivity contribution in [2.75, 3.05) is 6.54 Å². The Kier molecular flexibility index (Phi) is 7.11. The van der Waals surface area contributed by atoms with Crippen LogP contribution in [0.15, 0.2) is 61.2 Å². The third kappa shape index (κ3) is 4.67. The van der Waals surface area contributed by atoms with Crippen LogP contribution >= 0.6 is 35.1 Å². The number of hydrogen-bond donors (Lipinski definition) is 0. The van der Waals surface area contributed by atoms with E-state index in [1.807, 2.05) is 36.2 Å². The molecular weight excluding hydrogens is 381 g/mol. The van der Waals surface area contributed by atoms with Crippen LogP contribution in [0.3, 0.4) is 0 Å². The van der Waals surface area contributed by atoms with Gasteiger partial charge in [-0.15, -0.1) is 6.58 Å². The van der Waals surface area contributed by atoms with Gasteiger partial charge in [0.05, 0.1) is 6.04 Å². The zero-order valence-electron chi connectivity index (χ0n) is 15.1. The molecular formula is C22H25Cl2NS. The Morgan fingerprint density at radius 2 is 1.88 bits per heavy atom. The molecule has 138 valence electrons. The minimum Gasteiger partial charge on any atom is -0.242 e. The molecule has 1 aliphatic rings. The number of benzene rings is 2. The van der Waals surface area contributed by atoms with Crippen LogP contribution in [0, 0.1) is 0 Å². The molecule has 1 saturated heterocycles. The summed E-state index contributed by atoms with van der Waals surface area (Å²) >= 11 is 14.4. The minimum atomic E-state index is 0.316. The Balaban J connectivity index is 2.03. The Morgan fingerprint density at radius 1 is 1.12 bits per heavy atom. The molecule has 0 spiro atoms. The molecule has 0 bridgehead atoms. The smallest absolute Gasteiger partial charge is 0.0521 e. The van der Waals surface area contributed by atoms with Crippen molar-refractivity contribution in [2.45, 2.75) is 43.4 Å². The highest BCUT2D eigenvalue weighted by molar-refractivity contribution is 7.97. The van der Waals surface area contributed by atoms with Crippen LogP contribution in [0.4, 0.5) is 0 Å². The summed E-state index contributed by atoms with van der Waals surface area (Å²) in [4.78, 5) is 0. The second-order valence-electron chi connectivity index (χ2n) is 6.79. The predicted molar refractivity (Wildman–Crippen MR) is 116 cm³/mol. The topological polar surface area (TPSA) is 3.24 Å². The summed E-state index contributed by atoms with van der Waals surface area (Å²) in [5.41, 5.74) is 2.63. The zero-order chi connectivity index (χ0) is 18.5. The number of halogens is 2. The lowest BCUT2D eigenvalue weighted by atomic mass is 9.82. The van der Waals surface area contributed by atoms with Crippen molar-refractivity contribution in [3.8, 4) is 0 Å². The van der Waals surface area contributed by atoms with Crippen molar-refractivity contribution in [3.05, 3.63) is 82.4 Å². The maximum absolute atomic E-state index is 6.32. The number of nitrogens with zero attached hydrogens (tertiary/aromatic N) is 1. The summed E-state index contributed by atoms with van der Waals surface area (Å²) in [7, 11) is 0. The average Bonchev–Trinajstić information content (AvgIpc) is 2.63. The van der Waals surface area contributed by atoms with E-state index in [1.165, 1.54) is 11.1 Å². The maximum atomic E-state index is 6.32. The van der Waals surface area contributed by atoms with Crippen LogP contribution in [-0.2, 0) is 0 Å². The zero-order valence-corrected chi connectivity index (χ0v) is 17.4. The van der Waals surface area contributed by atoms with Crippen molar-refractivity contribution in [1.29, 1.82) is 0 Å². The number of allylic oxidation sites excluding steroid dienone is 1. The second kappa shape index (κ2) is 9.32. The Hall–Kier alpha value is -0.930. The van der Waals surface area contributed by atoms with Crippen molar-refractivity contribution < 1.29 is 0 Å². The molecule has 1 fully saturated rings. The number of hydrogen-bond acceptors (Lipinski definition) is 2. The van der Waals surface area contributed by atoms with Crippen molar-refractivity contribution in [2.24, 2.45) is 0 Å². The van der Waals surface area contributed by atoms with Crippen LogP contribution in [0.25, 0.3) is 0 Å². The average molecular weight is 406 g/mol. The molecule has 1 aliphatic heterocycles. The summed E-state index contributed by atoms with van der Waals surface area (Å²) in [5, 5.41) is 2.13. The molecule has 2 aromatic carbocycles. The highest BCUT2D eigenvalue weighted by Crippen LogP contribution is 2.50. The van der Waals surface area contributed by atoms with E-state index < -0.39 is 0 Å². The van der Waals surface area contributed by atoms with Crippen molar-refractivity contribution in [3.63, 3.8) is 0 Å². The van der Waals surface area contributed by atoms with E-state index in [2.05, 4.69) is 48.1 Å². The Bertz CT molecular complexity index is 731. The first-order chi connectivity index (χ1) is 12.6. The van der Waals surface area contributed by atoms with Crippen molar-refractivity contribution >= 4 is 35.1 Å². The summed E-state index contributed by atoms with van der Waals surface area (Å²) < 4.78 is 2.56. The molecule has 3 rings (SSSR count). The molecule has 1 nitrogen and oxygen atoms in total. The fraction of sp³-hybridized carbons (Fsp3) is 0.364. The normalized spacial score (nSPS) is 23.7. The van der Waals surface area contributed by atoms with Gasteiger partial charge in [0, 0.05) is 27.8 Å². The van der Waals surface area contributed by atoms with Gasteiger partial charge in [0.2, 0.25) is 0 Å². The molecule has 3 atom stereocenters. The fourth-order valence-electron chi connectivity index (χ4n) is 3.76. The van der Waals surface area contributed by atoms with Gasteiger partial charge < -0.3 is 0 Å². The number of rotatable bonds is 6. The highest BCUT2D eigenvalue weighted by Gasteiger charge is 2.38. The van der Waals surface area contributed by atoms with Crippen LogP contribution < -0.4 is 0 Å². The first kappa shape index (κ1) is 19.8. The van der Waals surface area contributed by atoms with Gasteiger partial charge in [0.1, 0.15) is 0 Å². The van der Waals surface area contributed by atoms with E-state index >= 15 is 0 Å². The van der Waals surface area contributed by atoms with E-state index in [0.717, 1.165) is 35.9 Å². The summed E-state index contributed by atoms with van der Waals surface area (Å²) in [6.45, 7) is 7.26. The maximum Gasteiger partial charge on any atom is 0.0521 e. The van der Waals surface area contributed by atoms with Gasteiger partial charge in [-0.3, -0.25) is 0 Å². The van der Waals surface area contributed by atoms with Gasteiger partial charge in [-0.2, -0.15) is 0 Å². The molecule has 0 saturated carbocycles.